The third-order valence-corrected chi connectivity index (χ3v) is 7.54. The molecule has 0 aliphatic carbocycles. The van der Waals surface area contributed by atoms with E-state index in [9.17, 15) is 18.5 Å². The number of rotatable bonds is 6. The lowest BCUT2D eigenvalue weighted by molar-refractivity contribution is 0.166. The maximum Gasteiger partial charge on any atom is 0.456 e. The lowest BCUT2D eigenvalue weighted by Gasteiger charge is -2.32. The van der Waals surface area contributed by atoms with Crippen LogP contribution in [0, 0.1) is 0 Å². The highest BCUT2D eigenvalue weighted by molar-refractivity contribution is 7.92. The molecule has 0 radical (unpaired) electrons. The van der Waals surface area contributed by atoms with Crippen LogP contribution in [-0.4, -0.2) is 56.5 Å². The fraction of sp³-hybridized carbons (Fsp3) is 0.474. The zero-order chi connectivity index (χ0) is 20.5. The minimum absolute atomic E-state index is 0.0364. The highest BCUT2D eigenvalue weighted by Gasteiger charge is 2.48. The van der Waals surface area contributed by atoms with Crippen molar-refractivity contribution in [1.29, 1.82) is 0 Å². The lowest BCUT2D eigenvalue weighted by atomic mass is 9.74. The first kappa shape index (κ1) is 21.4. The molecule has 152 valence electrons. The number of fused-ring (bicyclic) bond motifs is 1. The van der Waals surface area contributed by atoms with Crippen molar-refractivity contribution in [2.45, 2.75) is 37.4 Å². The minimum atomic E-state index is -3.33. The van der Waals surface area contributed by atoms with E-state index in [0.717, 1.165) is 22.3 Å². The summed E-state index contributed by atoms with van der Waals surface area (Å²) >= 11 is 6.15. The highest BCUT2D eigenvalue weighted by Crippen LogP contribution is 2.39. The van der Waals surface area contributed by atoms with Crippen LogP contribution >= 0.6 is 11.6 Å². The van der Waals surface area contributed by atoms with Crippen LogP contribution in [0.5, 0.6) is 5.75 Å². The van der Waals surface area contributed by atoms with Gasteiger partial charge in [-0.15, -0.1) is 0 Å². The van der Waals surface area contributed by atoms with Gasteiger partial charge in [0.25, 0.3) is 0 Å². The van der Waals surface area contributed by atoms with Crippen LogP contribution in [0.2, 0.25) is 11.3 Å². The minimum Gasteiger partial charge on any atom is -0.508 e. The summed E-state index contributed by atoms with van der Waals surface area (Å²) in [5, 5.41) is 19.3. The first-order chi connectivity index (χ1) is 13.2. The van der Waals surface area contributed by atoms with Crippen LogP contribution in [0.1, 0.15) is 25.3 Å². The van der Waals surface area contributed by atoms with Gasteiger partial charge >= 0.3 is 7.12 Å². The summed E-state index contributed by atoms with van der Waals surface area (Å²) in [6.07, 6.45) is 2.72. The van der Waals surface area contributed by atoms with Gasteiger partial charge in [0.2, 0.25) is 0 Å². The molecule has 0 aromatic heterocycles. The maximum atomic E-state index is 12.5. The molecule has 2 aliphatic rings. The van der Waals surface area contributed by atoms with Crippen LogP contribution < -0.4 is 0 Å². The number of halogens is 1. The molecule has 2 N–H and O–H groups in total. The molecule has 0 spiro atoms. The van der Waals surface area contributed by atoms with E-state index in [1.165, 1.54) is 13.2 Å². The zero-order valence-corrected chi connectivity index (χ0v) is 17.5. The molecule has 1 aromatic rings. The summed E-state index contributed by atoms with van der Waals surface area (Å²) in [5.41, 5.74) is 3.32. The molecule has 2 atom stereocenters. The molecule has 0 bridgehead atoms. The summed E-state index contributed by atoms with van der Waals surface area (Å²) in [6, 6.07) is 4.79. The van der Waals surface area contributed by atoms with Crippen LogP contribution in [0.3, 0.4) is 0 Å². The fourth-order valence-corrected chi connectivity index (χ4v) is 6.24. The topological polar surface area (TPSA) is 93.1 Å². The number of sulfone groups is 1. The maximum absolute atomic E-state index is 12.5. The normalized spacial score (nSPS) is 24.6. The van der Waals surface area contributed by atoms with Gasteiger partial charge in [-0.3, -0.25) is 0 Å². The van der Waals surface area contributed by atoms with Crippen LogP contribution in [0.4, 0.5) is 0 Å². The van der Waals surface area contributed by atoms with E-state index in [1.807, 2.05) is 13.0 Å². The van der Waals surface area contributed by atoms with E-state index >= 15 is 0 Å². The van der Waals surface area contributed by atoms with Crippen molar-refractivity contribution in [3.05, 3.63) is 45.5 Å². The fourth-order valence-electron chi connectivity index (χ4n) is 3.91. The number of hydrogen-bond acceptors (Lipinski definition) is 6. The molecule has 2 aliphatic heterocycles. The van der Waals surface area contributed by atoms with Gasteiger partial charge < -0.3 is 19.5 Å². The Hall–Kier alpha value is -1.32. The Bertz CT molecular complexity index is 911. The lowest BCUT2D eigenvalue weighted by Crippen LogP contribution is -2.42. The molecular formula is C19H24BClO6S. The molecule has 9 heteroatoms. The van der Waals surface area contributed by atoms with Crippen molar-refractivity contribution in [2.24, 2.45) is 0 Å². The summed E-state index contributed by atoms with van der Waals surface area (Å²) < 4.78 is 35.9. The number of phenolic OH excluding ortho intramolecular Hbond substituents is 1. The molecule has 0 unspecified atom stereocenters. The number of ether oxygens (including phenoxy) is 1. The Morgan fingerprint density at radius 3 is 2.89 bits per heavy atom. The summed E-state index contributed by atoms with van der Waals surface area (Å²) in [5.74, 6) is 0.0706. The van der Waals surface area contributed by atoms with E-state index in [0.29, 0.717) is 17.9 Å². The molecule has 28 heavy (non-hydrogen) atoms. The molecule has 1 saturated heterocycles. The quantitative estimate of drug-likeness (QED) is 0.537. The van der Waals surface area contributed by atoms with Gasteiger partial charge in [0.1, 0.15) is 5.75 Å². The predicted molar refractivity (Wildman–Crippen MR) is 110 cm³/mol. The second kappa shape index (κ2) is 8.59. The number of benzene rings is 1. The number of allylic oxidation sites excluding steroid dienone is 1. The Kier molecular flexibility index (Phi) is 6.56. The number of phenols is 1. The SMILES string of the molecule is COCC1=C2[C@@H](CC/C(C)=C/c3ccc(O)cc3Cl)OB(O)C[C@@H]2S(=O)(=O)C1. The zero-order valence-electron chi connectivity index (χ0n) is 15.9. The Balaban J connectivity index is 1.78. The van der Waals surface area contributed by atoms with E-state index < -0.39 is 28.3 Å². The van der Waals surface area contributed by atoms with Gasteiger partial charge in [-0.25, -0.2) is 8.42 Å². The molecule has 2 heterocycles. The molecule has 1 fully saturated rings. The molecule has 3 rings (SSSR count). The highest BCUT2D eigenvalue weighted by atomic mass is 35.5. The monoisotopic (exact) mass is 426 g/mol. The molecule has 1 aromatic carbocycles. The van der Waals surface area contributed by atoms with Crippen LogP contribution in [-0.2, 0) is 19.2 Å². The number of hydrogen-bond donors (Lipinski definition) is 2. The largest absolute Gasteiger partial charge is 0.508 e. The first-order valence-electron chi connectivity index (χ1n) is 9.12. The van der Waals surface area contributed by atoms with E-state index in [2.05, 4.69) is 0 Å². The number of methoxy groups -OCH3 is 1. The van der Waals surface area contributed by atoms with Crippen molar-refractivity contribution in [3.8, 4) is 5.75 Å². The Morgan fingerprint density at radius 1 is 1.46 bits per heavy atom. The summed E-state index contributed by atoms with van der Waals surface area (Å²) in [6.45, 7) is 2.20. The average molecular weight is 427 g/mol. The van der Waals surface area contributed by atoms with Gasteiger partial charge in [0, 0.05) is 13.4 Å². The average Bonchev–Trinajstić information content (AvgIpc) is 2.86. The Labute approximate surface area is 170 Å². The summed E-state index contributed by atoms with van der Waals surface area (Å²) in [4.78, 5) is 0. The molecular weight excluding hydrogens is 403 g/mol. The standard InChI is InChI=1S/C19H24BClO6S/c1-12(7-13-4-5-15(22)8-16(13)21)3-6-17-19-14(10-26-2)11-28(24,25)18(19)9-20(23)27-17/h4-5,7-8,17-18,22-23H,3,6,9-11H2,1-2H3/b12-7+/t17-,18+/m1/s1. The van der Waals surface area contributed by atoms with Crippen molar-refractivity contribution in [3.63, 3.8) is 0 Å². The van der Waals surface area contributed by atoms with Crippen LogP contribution in [0.15, 0.2) is 34.9 Å². The smallest absolute Gasteiger partial charge is 0.456 e. The van der Waals surface area contributed by atoms with Gasteiger partial charge in [0.15, 0.2) is 9.84 Å². The van der Waals surface area contributed by atoms with E-state index in [4.69, 9.17) is 21.0 Å². The Morgan fingerprint density at radius 2 is 2.21 bits per heavy atom. The third-order valence-electron chi connectivity index (χ3n) is 5.15. The van der Waals surface area contributed by atoms with Gasteiger partial charge in [0.05, 0.1) is 28.7 Å². The van der Waals surface area contributed by atoms with E-state index in [1.54, 1.807) is 12.1 Å². The van der Waals surface area contributed by atoms with Crippen molar-refractivity contribution in [1.82, 2.24) is 0 Å². The van der Waals surface area contributed by atoms with Crippen molar-refractivity contribution >= 4 is 34.6 Å². The van der Waals surface area contributed by atoms with Crippen molar-refractivity contribution < 1.29 is 27.9 Å². The second-order valence-corrected chi connectivity index (χ2v) is 9.93. The van der Waals surface area contributed by atoms with Gasteiger partial charge in [-0.1, -0.05) is 23.3 Å². The predicted octanol–water partition coefficient (Wildman–Crippen LogP) is 2.85. The first-order valence-corrected chi connectivity index (χ1v) is 11.2. The van der Waals surface area contributed by atoms with E-state index in [-0.39, 0.29) is 24.4 Å². The molecule has 6 nitrogen and oxygen atoms in total. The number of aromatic hydroxyl groups is 1. The van der Waals surface area contributed by atoms with Crippen molar-refractivity contribution in [2.75, 3.05) is 19.5 Å². The van der Waals surface area contributed by atoms with Crippen LogP contribution in [0.25, 0.3) is 6.08 Å². The van der Waals surface area contributed by atoms with Gasteiger partial charge in [-0.2, -0.15) is 0 Å². The van der Waals surface area contributed by atoms with Gasteiger partial charge in [-0.05, 0) is 54.7 Å². The molecule has 0 saturated carbocycles. The molecule has 0 amide bonds. The second-order valence-electron chi connectivity index (χ2n) is 7.34. The summed E-state index contributed by atoms with van der Waals surface area (Å²) in [7, 11) is -2.89. The third kappa shape index (κ3) is 4.63.